The van der Waals surface area contributed by atoms with Crippen LogP contribution in [-0.4, -0.2) is 37.0 Å². The summed E-state index contributed by atoms with van der Waals surface area (Å²) in [6.45, 7) is 3.24. The molecule has 19 heavy (non-hydrogen) atoms. The summed E-state index contributed by atoms with van der Waals surface area (Å²) in [5, 5.41) is 9.08. The van der Waals surface area contributed by atoms with Gasteiger partial charge in [-0.05, 0) is 32.3 Å². The van der Waals surface area contributed by atoms with Crippen molar-refractivity contribution in [2.75, 3.05) is 5.75 Å². The molecule has 0 aliphatic carbocycles. The summed E-state index contributed by atoms with van der Waals surface area (Å²) in [5.41, 5.74) is -0.249. The SMILES string of the molecule is CC(CCCS(=O)(=O)C(C)O)N=Cc1ccccc1. The molecule has 0 aromatic heterocycles. The molecule has 0 saturated carbocycles. The van der Waals surface area contributed by atoms with Gasteiger partial charge in [0.05, 0.1) is 5.75 Å². The molecule has 0 aliphatic rings. The summed E-state index contributed by atoms with van der Waals surface area (Å²) in [5.74, 6) is 0.00979. The average Bonchev–Trinajstić information content (AvgIpc) is 2.37. The van der Waals surface area contributed by atoms with E-state index in [1.165, 1.54) is 6.92 Å². The van der Waals surface area contributed by atoms with Crippen molar-refractivity contribution >= 4 is 16.1 Å². The molecule has 1 aromatic carbocycles. The first-order valence-corrected chi connectivity index (χ1v) is 8.11. The topological polar surface area (TPSA) is 66.7 Å². The number of hydrogen-bond donors (Lipinski definition) is 1. The van der Waals surface area contributed by atoms with Crippen molar-refractivity contribution in [1.82, 2.24) is 0 Å². The van der Waals surface area contributed by atoms with Crippen LogP contribution >= 0.6 is 0 Å². The zero-order valence-corrected chi connectivity index (χ0v) is 12.2. The van der Waals surface area contributed by atoms with E-state index < -0.39 is 15.3 Å². The summed E-state index contributed by atoms with van der Waals surface area (Å²) >= 11 is 0. The standard InChI is InChI=1S/C14H21NO3S/c1-12(7-6-10-19(17,18)13(2)16)15-11-14-8-4-3-5-9-14/h3-5,8-9,11-13,16H,6-7,10H2,1-2H3. The van der Waals surface area contributed by atoms with Gasteiger partial charge in [0.25, 0.3) is 0 Å². The first kappa shape index (κ1) is 15.9. The molecule has 0 heterocycles. The molecule has 4 nitrogen and oxygen atoms in total. The maximum atomic E-state index is 11.4. The Labute approximate surface area is 115 Å². The molecule has 0 aliphatic heterocycles. The Morgan fingerprint density at radius 3 is 2.47 bits per heavy atom. The van der Waals surface area contributed by atoms with E-state index in [2.05, 4.69) is 4.99 Å². The molecule has 0 bridgehead atoms. The van der Waals surface area contributed by atoms with Crippen molar-refractivity contribution in [3.63, 3.8) is 0 Å². The molecular formula is C14H21NO3S. The van der Waals surface area contributed by atoms with Crippen molar-refractivity contribution in [3.8, 4) is 0 Å². The van der Waals surface area contributed by atoms with E-state index >= 15 is 0 Å². The number of benzene rings is 1. The van der Waals surface area contributed by atoms with E-state index in [1.807, 2.05) is 37.3 Å². The third-order valence-electron chi connectivity index (χ3n) is 2.85. The monoisotopic (exact) mass is 283 g/mol. The molecule has 0 radical (unpaired) electrons. The van der Waals surface area contributed by atoms with E-state index in [-0.39, 0.29) is 11.8 Å². The van der Waals surface area contributed by atoms with Crippen LogP contribution in [0.2, 0.25) is 0 Å². The molecule has 1 N–H and O–H groups in total. The van der Waals surface area contributed by atoms with Gasteiger partial charge >= 0.3 is 0 Å². The van der Waals surface area contributed by atoms with Gasteiger partial charge in [-0.2, -0.15) is 0 Å². The molecule has 2 unspecified atom stereocenters. The smallest absolute Gasteiger partial charge is 0.176 e. The van der Waals surface area contributed by atoms with Crippen molar-refractivity contribution in [1.29, 1.82) is 0 Å². The highest BCUT2D eigenvalue weighted by Crippen LogP contribution is 2.07. The van der Waals surface area contributed by atoms with Crippen LogP contribution in [0.25, 0.3) is 0 Å². The molecule has 0 spiro atoms. The molecule has 2 atom stereocenters. The fourth-order valence-electron chi connectivity index (χ4n) is 1.58. The Hall–Kier alpha value is -1.20. The minimum absolute atomic E-state index is 0.00979. The Morgan fingerprint density at radius 2 is 1.89 bits per heavy atom. The lowest BCUT2D eigenvalue weighted by atomic mass is 10.2. The number of aliphatic imine (C=N–C) groups is 1. The number of aliphatic hydroxyl groups is 1. The van der Waals surface area contributed by atoms with E-state index in [0.29, 0.717) is 12.8 Å². The Morgan fingerprint density at radius 1 is 1.26 bits per heavy atom. The largest absolute Gasteiger partial charge is 0.377 e. The fourth-order valence-corrected chi connectivity index (χ4v) is 2.49. The van der Waals surface area contributed by atoms with Gasteiger partial charge in [0.2, 0.25) is 0 Å². The van der Waals surface area contributed by atoms with Crippen LogP contribution in [0, 0.1) is 0 Å². The summed E-state index contributed by atoms with van der Waals surface area (Å²) in [6, 6.07) is 9.84. The van der Waals surface area contributed by atoms with Gasteiger partial charge in [0, 0.05) is 12.3 Å². The second-order valence-corrected chi connectivity index (χ2v) is 7.06. The lowest BCUT2D eigenvalue weighted by Crippen LogP contribution is -2.20. The number of aliphatic hydroxyl groups excluding tert-OH is 1. The zero-order valence-electron chi connectivity index (χ0n) is 11.4. The van der Waals surface area contributed by atoms with Gasteiger partial charge in [-0.3, -0.25) is 4.99 Å². The molecule has 106 valence electrons. The van der Waals surface area contributed by atoms with Crippen molar-refractivity contribution < 1.29 is 13.5 Å². The van der Waals surface area contributed by atoms with Gasteiger partial charge in [-0.25, -0.2) is 8.42 Å². The van der Waals surface area contributed by atoms with Gasteiger partial charge in [-0.15, -0.1) is 0 Å². The highest BCUT2D eigenvalue weighted by atomic mass is 32.2. The number of nitrogens with zero attached hydrogens (tertiary/aromatic N) is 1. The minimum Gasteiger partial charge on any atom is -0.377 e. The number of rotatable bonds is 7. The highest BCUT2D eigenvalue weighted by molar-refractivity contribution is 7.91. The first-order chi connectivity index (χ1) is 8.92. The predicted molar refractivity (Wildman–Crippen MR) is 78.2 cm³/mol. The molecule has 0 fully saturated rings. The fraction of sp³-hybridized carbons (Fsp3) is 0.500. The van der Waals surface area contributed by atoms with Crippen LogP contribution in [0.15, 0.2) is 35.3 Å². The van der Waals surface area contributed by atoms with Crippen LogP contribution < -0.4 is 0 Å². The Bertz CT molecular complexity index is 495. The summed E-state index contributed by atoms with van der Waals surface area (Å²) in [7, 11) is -3.36. The van der Waals surface area contributed by atoms with Crippen LogP contribution in [-0.2, 0) is 9.84 Å². The molecule has 1 aromatic rings. The van der Waals surface area contributed by atoms with E-state index in [1.54, 1.807) is 6.21 Å². The lowest BCUT2D eigenvalue weighted by molar-refractivity contribution is 0.268. The Kier molecular flexibility index (Phi) is 6.18. The van der Waals surface area contributed by atoms with Crippen LogP contribution in [0.5, 0.6) is 0 Å². The first-order valence-electron chi connectivity index (χ1n) is 6.39. The molecular weight excluding hydrogens is 262 g/mol. The van der Waals surface area contributed by atoms with Gasteiger partial charge in [0.15, 0.2) is 15.3 Å². The van der Waals surface area contributed by atoms with Crippen molar-refractivity contribution in [2.45, 2.75) is 38.2 Å². The van der Waals surface area contributed by atoms with Crippen molar-refractivity contribution in [3.05, 3.63) is 35.9 Å². The van der Waals surface area contributed by atoms with Gasteiger partial charge in [0.1, 0.15) is 0 Å². The second kappa shape index (κ2) is 7.40. The van der Waals surface area contributed by atoms with Crippen LogP contribution in [0.4, 0.5) is 0 Å². The third kappa shape index (κ3) is 5.98. The highest BCUT2D eigenvalue weighted by Gasteiger charge is 2.17. The predicted octanol–water partition coefficient (Wildman–Crippen LogP) is 2.03. The number of sulfone groups is 1. The summed E-state index contributed by atoms with van der Waals surface area (Å²) in [4.78, 5) is 4.38. The Balaban J connectivity index is 2.37. The van der Waals surface area contributed by atoms with Crippen LogP contribution in [0.3, 0.4) is 0 Å². The minimum atomic E-state index is -3.36. The maximum absolute atomic E-state index is 11.4. The number of hydrogen-bond acceptors (Lipinski definition) is 4. The molecule has 0 saturated heterocycles. The normalized spacial score (nSPS) is 15.5. The van der Waals surface area contributed by atoms with E-state index in [9.17, 15) is 8.42 Å². The lowest BCUT2D eigenvalue weighted by Gasteiger charge is -2.08. The summed E-state index contributed by atoms with van der Waals surface area (Å²) in [6.07, 6.45) is 3.00. The molecule has 5 heteroatoms. The average molecular weight is 283 g/mol. The van der Waals surface area contributed by atoms with E-state index in [4.69, 9.17) is 5.11 Å². The second-order valence-electron chi connectivity index (χ2n) is 4.65. The summed E-state index contributed by atoms with van der Waals surface area (Å²) < 4.78 is 22.8. The van der Waals surface area contributed by atoms with Crippen molar-refractivity contribution in [2.24, 2.45) is 4.99 Å². The van der Waals surface area contributed by atoms with Crippen LogP contribution in [0.1, 0.15) is 32.3 Å². The third-order valence-corrected chi connectivity index (χ3v) is 4.75. The van der Waals surface area contributed by atoms with Gasteiger partial charge in [-0.1, -0.05) is 30.3 Å². The quantitative estimate of drug-likeness (QED) is 0.779. The maximum Gasteiger partial charge on any atom is 0.176 e. The molecule has 0 amide bonds. The molecule has 1 rings (SSSR count). The van der Waals surface area contributed by atoms with Gasteiger partial charge < -0.3 is 5.11 Å². The van der Waals surface area contributed by atoms with E-state index in [0.717, 1.165) is 5.56 Å². The zero-order chi connectivity index (χ0) is 14.3.